The van der Waals surface area contributed by atoms with Crippen LogP contribution in [-0.2, 0) is 5.54 Å². The molecule has 1 saturated carbocycles. The first-order valence-electron chi connectivity index (χ1n) is 6.20. The molecule has 2 rings (SSSR count). The van der Waals surface area contributed by atoms with Gasteiger partial charge < -0.3 is 5.73 Å². The van der Waals surface area contributed by atoms with Crippen LogP contribution in [-0.4, -0.2) is 4.98 Å². The van der Waals surface area contributed by atoms with Gasteiger partial charge in [-0.05, 0) is 49.1 Å². The van der Waals surface area contributed by atoms with E-state index in [2.05, 4.69) is 31.8 Å². The summed E-state index contributed by atoms with van der Waals surface area (Å²) in [5, 5.41) is 0. The van der Waals surface area contributed by atoms with E-state index in [9.17, 15) is 0 Å². The Morgan fingerprint density at radius 3 is 2.44 bits per heavy atom. The molecule has 0 spiro atoms. The standard InChI is InChI=1S/C14H22N2/c1-10-4-11(2)7-14(15,6-10)13-5-12(3)8-16-9-13/h5,8-11H,4,6-7,15H2,1-3H3. The van der Waals surface area contributed by atoms with Crippen LogP contribution in [0.15, 0.2) is 18.5 Å². The van der Waals surface area contributed by atoms with Crippen molar-refractivity contribution in [2.75, 3.05) is 0 Å². The number of aryl methyl sites for hydroxylation is 1. The molecule has 2 unspecified atom stereocenters. The minimum atomic E-state index is -0.157. The topological polar surface area (TPSA) is 38.9 Å². The van der Waals surface area contributed by atoms with E-state index in [1.807, 2.05) is 12.4 Å². The minimum Gasteiger partial charge on any atom is -0.321 e. The van der Waals surface area contributed by atoms with E-state index in [4.69, 9.17) is 5.73 Å². The molecule has 1 aliphatic rings. The third-order valence-electron chi connectivity index (χ3n) is 3.68. The van der Waals surface area contributed by atoms with Gasteiger partial charge in [0.25, 0.3) is 0 Å². The molecule has 1 heterocycles. The molecule has 0 bridgehead atoms. The first kappa shape index (κ1) is 11.6. The smallest absolute Gasteiger partial charge is 0.0430 e. The Balaban J connectivity index is 2.30. The van der Waals surface area contributed by atoms with Gasteiger partial charge in [0, 0.05) is 17.9 Å². The Labute approximate surface area is 98.3 Å². The summed E-state index contributed by atoms with van der Waals surface area (Å²) in [6.07, 6.45) is 7.31. The average Bonchev–Trinajstić information content (AvgIpc) is 2.15. The van der Waals surface area contributed by atoms with Crippen molar-refractivity contribution < 1.29 is 0 Å². The van der Waals surface area contributed by atoms with Crippen molar-refractivity contribution in [1.29, 1.82) is 0 Å². The lowest BCUT2D eigenvalue weighted by Gasteiger charge is -2.40. The fraction of sp³-hybridized carbons (Fsp3) is 0.643. The zero-order valence-electron chi connectivity index (χ0n) is 10.5. The van der Waals surface area contributed by atoms with E-state index in [1.165, 1.54) is 17.5 Å². The van der Waals surface area contributed by atoms with Crippen molar-refractivity contribution in [2.45, 2.75) is 45.6 Å². The predicted octanol–water partition coefficient (Wildman–Crippen LogP) is 3.00. The van der Waals surface area contributed by atoms with E-state index < -0.39 is 0 Å². The number of nitrogens with zero attached hydrogens (tertiary/aromatic N) is 1. The highest BCUT2D eigenvalue weighted by Crippen LogP contribution is 2.40. The van der Waals surface area contributed by atoms with Gasteiger partial charge in [-0.3, -0.25) is 4.98 Å². The molecule has 1 fully saturated rings. The molecule has 88 valence electrons. The molecule has 2 nitrogen and oxygen atoms in total. The lowest BCUT2D eigenvalue weighted by atomic mass is 9.69. The first-order chi connectivity index (χ1) is 7.49. The Morgan fingerprint density at radius 1 is 1.25 bits per heavy atom. The molecule has 16 heavy (non-hydrogen) atoms. The molecule has 2 atom stereocenters. The average molecular weight is 218 g/mol. The third-order valence-corrected chi connectivity index (χ3v) is 3.68. The lowest BCUT2D eigenvalue weighted by Crippen LogP contribution is -2.43. The Morgan fingerprint density at radius 2 is 1.88 bits per heavy atom. The number of aromatic nitrogens is 1. The largest absolute Gasteiger partial charge is 0.321 e. The molecular weight excluding hydrogens is 196 g/mol. The zero-order valence-corrected chi connectivity index (χ0v) is 10.5. The Bertz CT molecular complexity index is 363. The summed E-state index contributed by atoms with van der Waals surface area (Å²) < 4.78 is 0. The van der Waals surface area contributed by atoms with Gasteiger partial charge in [0.1, 0.15) is 0 Å². The summed E-state index contributed by atoms with van der Waals surface area (Å²) >= 11 is 0. The van der Waals surface area contributed by atoms with Gasteiger partial charge in [0.05, 0.1) is 0 Å². The summed E-state index contributed by atoms with van der Waals surface area (Å²) in [7, 11) is 0. The summed E-state index contributed by atoms with van der Waals surface area (Å²) in [5.41, 5.74) is 8.85. The molecule has 0 aliphatic heterocycles. The van der Waals surface area contributed by atoms with Gasteiger partial charge in [-0.15, -0.1) is 0 Å². The van der Waals surface area contributed by atoms with Crippen molar-refractivity contribution in [3.8, 4) is 0 Å². The van der Waals surface area contributed by atoms with E-state index >= 15 is 0 Å². The molecule has 2 N–H and O–H groups in total. The molecule has 0 radical (unpaired) electrons. The van der Waals surface area contributed by atoms with E-state index in [-0.39, 0.29) is 5.54 Å². The fourth-order valence-corrected chi connectivity index (χ4v) is 3.24. The number of hydrogen-bond donors (Lipinski definition) is 1. The van der Waals surface area contributed by atoms with E-state index in [0.29, 0.717) is 11.8 Å². The van der Waals surface area contributed by atoms with Crippen LogP contribution in [0, 0.1) is 18.8 Å². The van der Waals surface area contributed by atoms with E-state index in [1.54, 1.807) is 0 Å². The predicted molar refractivity (Wildman–Crippen MR) is 67.0 cm³/mol. The number of rotatable bonds is 1. The summed E-state index contributed by atoms with van der Waals surface area (Å²) in [4.78, 5) is 4.27. The summed E-state index contributed by atoms with van der Waals surface area (Å²) in [6, 6.07) is 2.19. The van der Waals surface area contributed by atoms with Crippen molar-refractivity contribution >= 4 is 0 Å². The van der Waals surface area contributed by atoms with Crippen molar-refractivity contribution in [3.63, 3.8) is 0 Å². The molecule has 0 saturated heterocycles. The third kappa shape index (κ3) is 2.27. The maximum absolute atomic E-state index is 6.59. The molecular formula is C14H22N2. The van der Waals surface area contributed by atoms with E-state index in [0.717, 1.165) is 12.8 Å². The maximum atomic E-state index is 6.59. The molecule has 2 heteroatoms. The van der Waals surface area contributed by atoms with Gasteiger partial charge in [-0.25, -0.2) is 0 Å². The van der Waals surface area contributed by atoms with Gasteiger partial charge >= 0.3 is 0 Å². The number of nitrogens with two attached hydrogens (primary N) is 1. The normalized spacial score (nSPS) is 35.0. The second kappa shape index (κ2) is 4.17. The molecule has 0 aromatic carbocycles. The van der Waals surface area contributed by atoms with Crippen molar-refractivity contribution in [1.82, 2.24) is 4.98 Å². The Kier molecular flexibility index (Phi) is 3.02. The van der Waals surface area contributed by atoms with Crippen LogP contribution < -0.4 is 5.73 Å². The van der Waals surface area contributed by atoms with Crippen LogP contribution in [0.2, 0.25) is 0 Å². The molecule has 1 aromatic heterocycles. The fourth-order valence-electron chi connectivity index (χ4n) is 3.24. The summed E-state index contributed by atoms with van der Waals surface area (Å²) in [5.74, 6) is 1.43. The highest BCUT2D eigenvalue weighted by atomic mass is 14.8. The Hall–Kier alpha value is -0.890. The number of pyridine rings is 1. The van der Waals surface area contributed by atoms with Crippen molar-refractivity contribution in [3.05, 3.63) is 29.6 Å². The van der Waals surface area contributed by atoms with Crippen LogP contribution in [0.3, 0.4) is 0 Å². The zero-order chi connectivity index (χ0) is 11.8. The first-order valence-corrected chi connectivity index (χ1v) is 6.20. The van der Waals surface area contributed by atoms with Gasteiger partial charge in [-0.2, -0.15) is 0 Å². The summed E-state index contributed by atoms with van der Waals surface area (Å²) in [6.45, 7) is 6.69. The molecule has 1 aliphatic carbocycles. The second-order valence-corrected chi connectivity index (χ2v) is 5.76. The highest BCUT2D eigenvalue weighted by Gasteiger charge is 2.36. The van der Waals surface area contributed by atoms with Gasteiger partial charge in [0.15, 0.2) is 0 Å². The van der Waals surface area contributed by atoms with Gasteiger partial charge in [0.2, 0.25) is 0 Å². The maximum Gasteiger partial charge on any atom is 0.0430 e. The lowest BCUT2D eigenvalue weighted by molar-refractivity contribution is 0.183. The van der Waals surface area contributed by atoms with Crippen LogP contribution in [0.1, 0.15) is 44.2 Å². The molecule has 1 aromatic rings. The van der Waals surface area contributed by atoms with Crippen LogP contribution >= 0.6 is 0 Å². The van der Waals surface area contributed by atoms with Crippen LogP contribution in [0.5, 0.6) is 0 Å². The SMILES string of the molecule is Cc1cncc(C2(N)CC(C)CC(C)C2)c1. The highest BCUT2D eigenvalue weighted by molar-refractivity contribution is 5.25. The van der Waals surface area contributed by atoms with Crippen LogP contribution in [0.25, 0.3) is 0 Å². The quantitative estimate of drug-likeness (QED) is 0.787. The minimum absolute atomic E-state index is 0.157. The molecule has 0 amide bonds. The van der Waals surface area contributed by atoms with Crippen molar-refractivity contribution in [2.24, 2.45) is 17.6 Å². The number of hydrogen-bond acceptors (Lipinski definition) is 2. The second-order valence-electron chi connectivity index (χ2n) is 5.76. The monoisotopic (exact) mass is 218 g/mol. The van der Waals surface area contributed by atoms with Gasteiger partial charge in [-0.1, -0.05) is 19.9 Å². The van der Waals surface area contributed by atoms with Crippen LogP contribution in [0.4, 0.5) is 0 Å².